The second-order valence-corrected chi connectivity index (χ2v) is 0.183. The smallest absolute Gasteiger partial charge is 1.00 e. The molecule has 0 fully saturated rings. The Balaban J connectivity index is -0.0000000200. The summed E-state index contributed by atoms with van der Waals surface area (Å²) < 4.78 is 0. The Morgan fingerprint density at radius 2 is 2.00 bits per heavy atom. The van der Waals surface area contributed by atoms with Crippen LogP contribution < -0.4 is 18.9 Å². The van der Waals surface area contributed by atoms with Crippen molar-refractivity contribution in [1.29, 1.82) is 0 Å². The first-order valence-electron chi connectivity index (χ1n) is 0.591. The van der Waals surface area contributed by atoms with Gasteiger partial charge in [-0.05, 0) is 0 Å². The Bertz CT molecular complexity index is 9.61. The van der Waals surface area contributed by atoms with Crippen LogP contribution in [0.5, 0.6) is 0 Å². The maximum atomic E-state index is 7.07. The van der Waals surface area contributed by atoms with Gasteiger partial charge in [0.2, 0.25) is 0 Å². The Hall–Kier alpha value is 0.517. The summed E-state index contributed by atoms with van der Waals surface area (Å²) in [6.07, 6.45) is 0. The fraction of sp³-hybridized carbons (Fsp3) is 1.00. The first-order valence-corrected chi connectivity index (χ1v) is 0.591. The predicted octanol–water partition coefficient (Wildman–Crippen LogP) is -2.78. The summed E-state index contributed by atoms with van der Waals surface area (Å²) in [7, 11) is 1.18. The van der Waals surface area contributed by atoms with Gasteiger partial charge in [-0.3, -0.25) is 5.26 Å². The van der Waals surface area contributed by atoms with Crippen LogP contribution in [0.4, 0.5) is 0 Å². The van der Waals surface area contributed by atoms with Crippen LogP contribution in [0.15, 0.2) is 0 Å². The Kier molecular flexibility index (Phi) is 21.3. The van der Waals surface area contributed by atoms with Crippen LogP contribution in [0.1, 0.15) is 1.43 Å². The summed E-state index contributed by atoms with van der Waals surface area (Å²) in [6, 6.07) is 0. The molecule has 0 aliphatic heterocycles. The van der Waals surface area contributed by atoms with E-state index in [4.69, 9.17) is 5.26 Å². The molecule has 3 heteroatoms. The van der Waals surface area contributed by atoms with Gasteiger partial charge in [-0.25, -0.2) is 4.89 Å². The van der Waals surface area contributed by atoms with Gasteiger partial charge in [-0.15, -0.1) is 0 Å². The molecule has 1 N–H and O–H groups in total. The van der Waals surface area contributed by atoms with Crippen LogP contribution in [0, 0.1) is 0 Å². The molecular weight excluding hydrogens is 51.0 g/mol. The summed E-state index contributed by atoms with van der Waals surface area (Å²) >= 11 is 0. The van der Waals surface area contributed by atoms with Gasteiger partial charge in [0, 0.05) is 0 Å². The molecule has 0 unspecified atom stereocenters. The summed E-state index contributed by atoms with van der Waals surface area (Å²) in [5.74, 6) is 0. The van der Waals surface area contributed by atoms with Gasteiger partial charge in [0.1, 0.15) is 0 Å². The van der Waals surface area contributed by atoms with Gasteiger partial charge < -0.3 is 1.43 Å². The molecule has 0 aliphatic carbocycles. The fourth-order valence-electron chi connectivity index (χ4n) is 0. The van der Waals surface area contributed by atoms with E-state index in [1.807, 2.05) is 0 Å². The largest absolute Gasteiger partial charge is 1.00 e. The van der Waals surface area contributed by atoms with Crippen LogP contribution >= 0.6 is 0 Å². The van der Waals surface area contributed by atoms with Crippen molar-refractivity contribution in [2.45, 2.75) is 0 Å². The van der Waals surface area contributed by atoms with Gasteiger partial charge >= 0.3 is 18.9 Å². The second-order valence-electron chi connectivity index (χ2n) is 0.183. The van der Waals surface area contributed by atoms with Crippen molar-refractivity contribution in [2.24, 2.45) is 0 Å². The molecule has 0 saturated carbocycles. The van der Waals surface area contributed by atoms with Gasteiger partial charge in [0.15, 0.2) is 0 Å². The first-order chi connectivity index (χ1) is 1.41. The van der Waals surface area contributed by atoms with E-state index in [2.05, 4.69) is 4.89 Å². The standard InChI is InChI=1S/CH4O2.Li.H/c1-3-2;;/h2H,1H3;;/q;+1;-1. The normalized spacial score (nSPS) is 4.50. The van der Waals surface area contributed by atoms with Crippen LogP contribution in [0.2, 0.25) is 0 Å². The SMILES string of the molecule is COO.[H-].[Li+]. The quantitative estimate of drug-likeness (QED) is 0.185. The summed E-state index contributed by atoms with van der Waals surface area (Å²) in [4.78, 5) is 3.25. The summed E-state index contributed by atoms with van der Waals surface area (Å²) in [6.45, 7) is 0. The third kappa shape index (κ3) is 21.7. The van der Waals surface area contributed by atoms with E-state index in [9.17, 15) is 0 Å². The summed E-state index contributed by atoms with van der Waals surface area (Å²) in [5, 5.41) is 7.07. The van der Waals surface area contributed by atoms with Crippen molar-refractivity contribution >= 4 is 0 Å². The maximum absolute atomic E-state index is 7.07. The molecule has 0 saturated heterocycles. The number of hydrogen-bond donors (Lipinski definition) is 1. The molecule has 0 heterocycles. The minimum absolute atomic E-state index is 0. The monoisotopic (exact) mass is 56.0 g/mol. The Morgan fingerprint density at radius 1 is 2.00 bits per heavy atom. The van der Waals surface area contributed by atoms with Gasteiger partial charge in [0.05, 0.1) is 7.11 Å². The van der Waals surface area contributed by atoms with Crippen molar-refractivity contribution in [2.75, 3.05) is 7.11 Å². The molecular formula is CH5LiO2. The Morgan fingerprint density at radius 3 is 2.00 bits per heavy atom. The minimum Gasteiger partial charge on any atom is -1.00 e. The third-order valence-corrected chi connectivity index (χ3v) is 0. The van der Waals surface area contributed by atoms with Crippen LogP contribution in [-0.2, 0) is 4.89 Å². The van der Waals surface area contributed by atoms with Crippen LogP contribution in [0.25, 0.3) is 0 Å². The van der Waals surface area contributed by atoms with E-state index in [1.54, 1.807) is 0 Å². The Labute approximate surface area is 38.4 Å². The zero-order valence-corrected chi connectivity index (χ0v) is 2.86. The second kappa shape index (κ2) is 9.68. The van der Waals surface area contributed by atoms with Gasteiger partial charge in [0.25, 0.3) is 0 Å². The van der Waals surface area contributed by atoms with Crippen LogP contribution in [-0.4, -0.2) is 12.4 Å². The maximum Gasteiger partial charge on any atom is 1.00 e. The van der Waals surface area contributed by atoms with E-state index in [1.165, 1.54) is 7.11 Å². The fourth-order valence-corrected chi connectivity index (χ4v) is 0. The van der Waals surface area contributed by atoms with Crippen molar-refractivity contribution in [3.8, 4) is 0 Å². The van der Waals surface area contributed by atoms with Crippen molar-refractivity contribution in [3.05, 3.63) is 0 Å². The summed E-state index contributed by atoms with van der Waals surface area (Å²) in [5.41, 5.74) is 0. The first kappa shape index (κ1) is 8.82. The van der Waals surface area contributed by atoms with E-state index < -0.39 is 0 Å². The molecule has 0 spiro atoms. The molecule has 0 atom stereocenters. The van der Waals surface area contributed by atoms with Crippen LogP contribution in [0.3, 0.4) is 0 Å². The molecule has 2 nitrogen and oxygen atoms in total. The molecule has 22 valence electrons. The number of rotatable bonds is 0. The number of hydrogen-bond acceptors (Lipinski definition) is 2. The van der Waals surface area contributed by atoms with E-state index in [-0.39, 0.29) is 20.3 Å². The molecule has 0 aliphatic rings. The molecule has 0 rings (SSSR count). The van der Waals surface area contributed by atoms with Crippen molar-refractivity contribution in [1.82, 2.24) is 0 Å². The van der Waals surface area contributed by atoms with Crippen molar-refractivity contribution in [3.63, 3.8) is 0 Å². The zero-order chi connectivity index (χ0) is 2.71. The van der Waals surface area contributed by atoms with Gasteiger partial charge in [-0.2, -0.15) is 0 Å². The van der Waals surface area contributed by atoms with E-state index in [0.29, 0.717) is 0 Å². The average molecular weight is 56.0 g/mol. The molecule has 0 aromatic carbocycles. The predicted molar refractivity (Wildman–Crippen MR) is 10.7 cm³/mol. The molecule has 0 amide bonds. The topological polar surface area (TPSA) is 29.5 Å². The van der Waals surface area contributed by atoms with E-state index in [0.717, 1.165) is 0 Å². The molecule has 4 heavy (non-hydrogen) atoms. The average Bonchev–Trinajstić information content (AvgIpc) is 0.918. The molecule has 0 aromatic rings. The van der Waals surface area contributed by atoms with Crippen molar-refractivity contribution < 1.29 is 30.4 Å². The molecule has 0 bridgehead atoms. The molecule has 0 radical (unpaired) electrons. The zero-order valence-electron chi connectivity index (χ0n) is 3.86. The molecule has 0 aromatic heterocycles. The van der Waals surface area contributed by atoms with Gasteiger partial charge in [-0.1, -0.05) is 0 Å². The minimum atomic E-state index is 0. The third-order valence-electron chi connectivity index (χ3n) is 0. The van der Waals surface area contributed by atoms with E-state index >= 15 is 0 Å².